The number of amides is 2. The lowest BCUT2D eigenvalue weighted by Crippen LogP contribution is -2.44. The van der Waals surface area contributed by atoms with E-state index < -0.39 is 5.41 Å². The fourth-order valence-corrected chi connectivity index (χ4v) is 4.52. The van der Waals surface area contributed by atoms with Crippen LogP contribution in [-0.2, 0) is 22.6 Å². The third-order valence-corrected chi connectivity index (χ3v) is 6.10. The van der Waals surface area contributed by atoms with Crippen LogP contribution in [-0.4, -0.2) is 49.3 Å². The topological polar surface area (TPSA) is 90.8 Å². The van der Waals surface area contributed by atoms with Crippen LogP contribution in [0, 0.1) is 11.3 Å². The van der Waals surface area contributed by atoms with Gasteiger partial charge in [-0.1, -0.05) is 34.6 Å². The summed E-state index contributed by atoms with van der Waals surface area (Å²) in [5.41, 5.74) is 2.16. The summed E-state index contributed by atoms with van der Waals surface area (Å²) < 4.78 is 1.49. The van der Waals surface area contributed by atoms with Crippen LogP contribution >= 0.6 is 0 Å². The van der Waals surface area contributed by atoms with Gasteiger partial charge in [0.25, 0.3) is 5.56 Å². The number of aromatic nitrogens is 3. The predicted octanol–water partition coefficient (Wildman–Crippen LogP) is 2.27. The minimum Gasteiger partial charge on any atom is -0.336 e. The Kier molecular flexibility index (Phi) is 4.98. The Morgan fingerprint density at radius 1 is 1.23 bits per heavy atom. The maximum Gasteiger partial charge on any atom is 0.276 e. The van der Waals surface area contributed by atoms with Crippen LogP contribution in [0.25, 0.3) is 5.65 Å². The molecule has 1 unspecified atom stereocenters. The van der Waals surface area contributed by atoms with Crippen molar-refractivity contribution < 1.29 is 9.59 Å². The van der Waals surface area contributed by atoms with Gasteiger partial charge in [-0.2, -0.15) is 0 Å². The molecule has 1 atom stereocenters. The average Bonchev–Trinajstić information content (AvgIpc) is 3.32. The molecule has 4 rings (SSSR count). The van der Waals surface area contributed by atoms with Crippen molar-refractivity contribution in [3.63, 3.8) is 0 Å². The standard InChI is InChI=1S/C22H31N5O3/c1-13(2)19(28)26-9-6-7-17(26)15-11-18-23-16-12-25(21(30)22(3,4)5)10-8-14(16)20(29)27(18)24-15/h11,13,17,24H,6-10,12H2,1-5H3. The van der Waals surface area contributed by atoms with Crippen molar-refractivity contribution in [3.8, 4) is 0 Å². The van der Waals surface area contributed by atoms with Gasteiger partial charge in [-0.25, -0.2) is 9.50 Å². The molecule has 162 valence electrons. The quantitative estimate of drug-likeness (QED) is 0.818. The molecule has 1 N–H and O–H groups in total. The fourth-order valence-electron chi connectivity index (χ4n) is 4.52. The molecule has 8 nitrogen and oxygen atoms in total. The second-order valence-electron chi connectivity index (χ2n) is 9.82. The Hall–Kier alpha value is -2.64. The highest BCUT2D eigenvalue weighted by Gasteiger charge is 2.34. The number of carbonyl (C=O) groups is 2. The summed E-state index contributed by atoms with van der Waals surface area (Å²) in [6.45, 7) is 11.2. The Morgan fingerprint density at radius 3 is 2.63 bits per heavy atom. The van der Waals surface area contributed by atoms with E-state index in [9.17, 15) is 14.4 Å². The molecule has 2 aliphatic heterocycles. The van der Waals surface area contributed by atoms with Crippen LogP contribution in [0.2, 0.25) is 0 Å². The summed E-state index contributed by atoms with van der Waals surface area (Å²) in [4.78, 5) is 46.8. The molecule has 0 aromatic carbocycles. The molecule has 0 spiro atoms. The van der Waals surface area contributed by atoms with E-state index in [1.165, 1.54) is 4.52 Å². The zero-order chi connectivity index (χ0) is 21.8. The molecule has 1 fully saturated rings. The van der Waals surface area contributed by atoms with E-state index in [1.807, 2.05) is 45.6 Å². The van der Waals surface area contributed by atoms with Gasteiger partial charge in [-0.15, -0.1) is 0 Å². The van der Waals surface area contributed by atoms with E-state index in [0.717, 1.165) is 25.1 Å². The Labute approximate surface area is 176 Å². The Balaban J connectivity index is 1.69. The number of rotatable bonds is 2. The number of likely N-dealkylation sites (tertiary alicyclic amines) is 1. The highest BCUT2D eigenvalue weighted by molar-refractivity contribution is 5.81. The van der Waals surface area contributed by atoms with Gasteiger partial charge in [0, 0.05) is 36.1 Å². The van der Waals surface area contributed by atoms with E-state index >= 15 is 0 Å². The first-order valence-corrected chi connectivity index (χ1v) is 10.8. The number of hydrogen-bond donors (Lipinski definition) is 1. The predicted molar refractivity (Wildman–Crippen MR) is 113 cm³/mol. The number of carbonyl (C=O) groups excluding carboxylic acids is 2. The maximum atomic E-state index is 13.1. The maximum absolute atomic E-state index is 13.1. The monoisotopic (exact) mass is 413 g/mol. The van der Waals surface area contributed by atoms with Crippen molar-refractivity contribution in [1.82, 2.24) is 24.4 Å². The Bertz CT molecular complexity index is 1060. The van der Waals surface area contributed by atoms with E-state index in [0.29, 0.717) is 36.4 Å². The number of nitrogens with zero attached hydrogens (tertiary/aromatic N) is 4. The van der Waals surface area contributed by atoms with Gasteiger partial charge in [0.2, 0.25) is 11.8 Å². The van der Waals surface area contributed by atoms with Gasteiger partial charge in [-0.3, -0.25) is 19.5 Å². The zero-order valence-electron chi connectivity index (χ0n) is 18.5. The van der Waals surface area contributed by atoms with Gasteiger partial charge in [0.1, 0.15) is 0 Å². The summed E-state index contributed by atoms with van der Waals surface area (Å²) in [7, 11) is 0. The van der Waals surface area contributed by atoms with Crippen LogP contribution in [0.3, 0.4) is 0 Å². The fraction of sp³-hybridized carbons (Fsp3) is 0.636. The number of hydrogen-bond acceptors (Lipinski definition) is 4. The molecule has 0 radical (unpaired) electrons. The first kappa shape index (κ1) is 20.6. The van der Waals surface area contributed by atoms with E-state index in [1.54, 1.807) is 4.90 Å². The molecule has 2 aliphatic rings. The minimum absolute atomic E-state index is 0.0583. The van der Waals surface area contributed by atoms with Crippen LogP contribution in [0.15, 0.2) is 10.9 Å². The van der Waals surface area contributed by atoms with E-state index in [-0.39, 0.29) is 29.3 Å². The molecule has 2 amide bonds. The third kappa shape index (κ3) is 3.42. The summed E-state index contributed by atoms with van der Waals surface area (Å²) in [6, 6.07) is 1.82. The third-order valence-electron chi connectivity index (χ3n) is 6.10. The van der Waals surface area contributed by atoms with Crippen LogP contribution in [0.4, 0.5) is 0 Å². The van der Waals surface area contributed by atoms with Crippen LogP contribution < -0.4 is 5.56 Å². The Morgan fingerprint density at radius 2 is 1.97 bits per heavy atom. The number of nitrogens with one attached hydrogen (secondary N) is 1. The van der Waals surface area contributed by atoms with Crippen molar-refractivity contribution in [2.24, 2.45) is 11.3 Å². The minimum atomic E-state index is -0.465. The van der Waals surface area contributed by atoms with Gasteiger partial charge in [-0.05, 0) is 19.3 Å². The van der Waals surface area contributed by atoms with Crippen molar-refractivity contribution in [2.75, 3.05) is 13.1 Å². The molecule has 2 aromatic heterocycles. The first-order chi connectivity index (χ1) is 14.1. The molecule has 0 aliphatic carbocycles. The van der Waals surface area contributed by atoms with Crippen molar-refractivity contribution in [3.05, 3.63) is 33.4 Å². The van der Waals surface area contributed by atoms with Crippen molar-refractivity contribution in [1.29, 1.82) is 0 Å². The second-order valence-corrected chi connectivity index (χ2v) is 9.82. The number of fused-ring (bicyclic) bond motifs is 2. The van der Waals surface area contributed by atoms with E-state index in [2.05, 4.69) is 5.10 Å². The largest absolute Gasteiger partial charge is 0.336 e. The lowest BCUT2D eigenvalue weighted by Gasteiger charge is -2.32. The lowest BCUT2D eigenvalue weighted by atomic mass is 9.93. The summed E-state index contributed by atoms with van der Waals surface area (Å²) in [5.74, 6) is 0.139. The normalized spacial score (nSPS) is 19.6. The molecular weight excluding hydrogens is 382 g/mol. The summed E-state index contributed by atoms with van der Waals surface area (Å²) in [5, 5.41) is 3.21. The van der Waals surface area contributed by atoms with Crippen LogP contribution in [0.5, 0.6) is 0 Å². The molecule has 8 heteroatoms. The zero-order valence-corrected chi connectivity index (χ0v) is 18.5. The average molecular weight is 414 g/mol. The molecular formula is C22H31N5O3. The lowest BCUT2D eigenvalue weighted by molar-refractivity contribution is -0.140. The number of H-pyrrole nitrogens is 1. The second kappa shape index (κ2) is 7.25. The molecule has 0 saturated carbocycles. The molecule has 30 heavy (non-hydrogen) atoms. The van der Waals surface area contributed by atoms with Crippen molar-refractivity contribution >= 4 is 17.5 Å². The van der Waals surface area contributed by atoms with Gasteiger partial charge in [0.15, 0.2) is 5.65 Å². The van der Waals surface area contributed by atoms with Crippen LogP contribution in [0.1, 0.15) is 70.5 Å². The molecule has 2 aromatic rings. The highest BCUT2D eigenvalue weighted by atomic mass is 16.2. The SMILES string of the molecule is CC(C)C(=O)N1CCCC1c1cc2nc3c(c(=O)n2[nH]1)CCN(C(=O)C(C)(C)C)C3. The molecule has 0 bridgehead atoms. The molecule has 4 heterocycles. The number of aromatic amines is 1. The smallest absolute Gasteiger partial charge is 0.276 e. The van der Waals surface area contributed by atoms with Gasteiger partial charge >= 0.3 is 0 Å². The summed E-state index contributed by atoms with van der Waals surface area (Å²) in [6.07, 6.45) is 2.32. The van der Waals surface area contributed by atoms with Crippen molar-refractivity contribution in [2.45, 2.75) is 66.5 Å². The first-order valence-electron chi connectivity index (χ1n) is 10.8. The van der Waals surface area contributed by atoms with E-state index in [4.69, 9.17) is 4.98 Å². The van der Waals surface area contributed by atoms with Gasteiger partial charge in [0.05, 0.1) is 24.0 Å². The van der Waals surface area contributed by atoms with Gasteiger partial charge < -0.3 is 9.80 Å². The molecule has 1 saturated heterocycles. The highest BCUT2D eigenvalue weighted by Crippen LogP contribution is 2.32. The summed E-state index contributed by atoms with van der Waals surface area (Å²) >= 11 is 0.